The molecule has 2 rings (SSSR count). The summed E-state index contributed by atoms with van der Waals surface area (Å²) in [7, 11) is 0. The summed E-state index contributed by atoms with van der Waals surface area (Å²) < 4.78 is 6.95. The van der Waals surface area contributed by atoms with Crippen molar-refractivity contribution in [2.45, 2.75) is 32.1 Å². The summed E-state index contributed by atoms with van der Waals surface area (Å²) in [5.74, 6) is 0.710. The second-order valence-corrected chi connectivity index (χ2v) is 5.16. The number of para-hydroxylation sites is 1. The van der Waals surface area contributed by atoms with E-state index in [0.717, 1.165) is 0 Å². The van der Waals surface area contributed by atoms with Crippen LogP contribution in [0.2, 0.25) is 0 Å². The molecule has 2 aromatic rings. The molecular weight excluding hydrogens is 258 g/mol. The van der Waals surface area contributed by atoms with Gasteiger partial charge in [-0.1, -0.05) is 23.4 Å². The predicted octanol–water partition coefficient (Wildman–Crippen LogP) is 0.945. The van der Waals surface area contributed by atoms with Gasteiger partial charge in [-0.25, -0.2) is 4.68 Å². The molecule has 0 amide bonds. The van der Waals surface area contributed by atoms with Crippen LogP contribution in [0.1, 0.15) is 19.5 Å². The Morgan fingerprint density at radius 3 is 2.60 bits per heavy atom. The van der Waals surface area contributed by atoms with Gasteiger partial charge in [-0.2, -0.15) is 0 Å². The molecule has 0 aliphatic heterocycles. The Kier molecular flexibility index (Phi) is 4.36. The lowest BCUT2D eigenvalue weighted by Crippen LogP contribution is -2.24. The van der Waals surface area contributed by atoms with Crippen molar-refractivity contribution in [1.82, 2.24) is 15.0 Å². The lowest BCUT2D eigenvalue weighted by Gasteiger charge is -2.13. The fourth-order valence-electron chi connectivity index (χ4n) is 1.65. The quantitative estimate of drug-likeness (QED) is 0.821. The van der Waals surface area contributed by atoms with Crippen LogP contribution in [0.5, 0.6) is 5.75 Å². The number of nitrogens with zero attached hydrogens (tertiary/aromatic N) is 3. The van der Waals surface area contributed by atoms with Gasteiger partial charge in [0.15, 0.2) is 0 Å². The molecule has 1 aromatic heterocycles. The molecule has 0 aliphatic carbocycles. The maximum Gasteiger partial charge on any atom is 0.119 e. The molecule has 0 spiro atoms. The molecule has 0 radical (unpaired) electrons. The van der Waals surface area contributed by atoms with Gasteiger partial charge >= 0.3 is 0 Å². The van der Waals surface area contributed by atoms with E-state index in [0.29, 0.717) is 11.4 Å². The normalized spacial score (nSPS) is 13.2. The van der Waals surface area contributed by atoms with E-state index in [-0.39, 0.29) is 13.2 Å². The zero-order valence-corrected chi connectivity index (χ0v) is 11.6. The van der Waals surface area contributed by atoms with E-state index in [2.05, 4.69) is 10.3 Å². The SMILES string of the molecule is CC(C)(O)c1cn(CC(O)COc2ccccc2)nn1. The van der Waals surface area contributed by atoms with Gasteiger partial charge in [0.05, 0.1) is 12.7 Å². The minimum atomic E-state index is -1.04. The molecule has 1 atom stereocenters. The van der Waals surface area contributed by atoms with E-state index >= 15 is 0 Å². The van der Waals surface area contributed by atoms with Crippen molar-refractivity contribution < 1.29 is 14.9 Å². The van der Waals surface area contributed by atoms with Gasteiger partial charge in [-0.3, -0.25) is 0 Å². The van der Waals surface area contributed by atoms with Crippen molar-refractivity contribution in [2.75, 3.05) is 6.61 Å². The van der Waals surface area contributed by atoms with E-state index in [4.69, 9.17) is 4.74 Å². The van der Waals surface area contributed by atoms with Crippen LogP contribution in [0.25, 0.3) is 0 Å². The maximum atomic E-state index is 9.90. The van der Waals surface area contributed by atoms with Gasteiger partial charge < -0.3 is 14.9 Å². The summed E-state index contributed by atoms with van der Waals surface area (Å²) in [6, 6.07) is 9.30. The van der Waals surface area contributed by atoms with Crippen LogP contribution in [-0.4, -0.2) is 37.9 Å². The van der Waals surface area contributed by atoms with Gasteiger partial charge in [0.2, 0.25) is 0 Å². The number of aromatic nitrogens is 3. The molecule has 0 bridgehead atoms. The molecule has 1 aromatic carbocycles. The van der Waals surface area contributed by atoms with Crippen LogP contribution in [0, 0.1) is 0 Å². The van der Waals surface area contributed by atoms with E-state index in [1.165, 1.54) is 4.68 Å². The molecule has 6 heteroatoms. The third-order valence-corrected chi connectivity index (χ3v) is 2.75. The fourth-order valence-corrected chi connectivity index (χ4v) is 1.65. The first-order chi connectivity index (χ1) is 9.45. The first-order valence-electron chi connectivity index (χ1n) is 6.44. The summed E-state index contributed by atoms with van der Waals surface area (Å²) in [4.78, 5) is 0. The lowest BCUT2D eigenvalue weighted by atomic mass is 10.1. The molecule has 2 N–H and O–H groups in total. The fraction of sp³-hybridized carbons (Fsp3) is 0.429. The second kappa shape index (κ2) is 6.02. The van der Waals surface area contributed by atoms with Gasteiger partial charge in [0.1, 0.15) is 29.8 Å². The highest BCUT2D eigenvalue weighted by Gasteiger charge is 2.20. The van der Waals surface area contributed by atoms with Crippen molar-refractivity contribution >= 4 is 0 Å². The molecule has 6 nitrogen and oxygen atoms in total. The standard InChI is InChI=1S/C14H19N3O3/c1-14(2,19)13-9-17(16-15-13)8-11(18)10-20-12-6-4-3-5-7-12/h3-7,9,11,18-19H,8,10H2,1-2H3. The highest BCUT2D eigenvalue weighted by molar-refractivity contribution is 5.20. The highest BCUT2D eigenvalue weighted by Crippen LogP contribution is 2.15. The molecule has 0 saturated carbocycles. The first-order valence-corrected chi connectivity index (χ1v) is 6.44. The van der Waals surface area contributed by atoms with Gasteiger partial charge in [-0.05, 0) is 26.0 Å². The Bertz CT molecular complexity index is 534. The summed E-state index contributed by atoms with van der Waals surface area (Å²) >= 11 is 0. The molecule has 108 valence electrons. The molecule has 0 saturated heterocycles. The Morgan fingerprint density at radius 2 is 2.00 bits per heavy atom. The van der Waals surface area contributed by atoms with Crippen LogP contribution < -0.4 is 4.74 Å². The smallest absolute Gasteiger partial charge is 0.119 e. The number of aliphatic hydroxyl groups excluding tert-OH is 1. The summed E-state index contributed by atoms with van der Waals surface area (Å²) in [5, 5.41) is 27.4. The zero-order valence-electron chi connectivity index (χ0n) is 11.6. The van der Waals surface area contributed by atoms with Gasteiger partial charge in [0, 0.05) is 0 Å². The molecule has 1 heterocycles. The molecule has 1 unspecified atom stereocenters. The number of ether oxygens (including phenoxy) is 1. The van der Waals surface area contributed by atoms with Crippen molar-refractivity contribution in [3.8, 4) is 5.75 Å². The minimum Gasteiger partial charge on any atom is -0.491 e. The zero-order chi connectivity index (χ0) is 14.6. The van der Waals surface area contributed by atoms with Crippen LogP contribution in [0.15, 0.2) is 36.5 Å². The van der Waals surface area contributed by atoms with Crippen LogP contribution >= 0.6 is 0 Å². The average molecular weight is 277 g/mol. The van der Waals surface area contributed by atoms with Crippen molar-refractivity contribution in [3.05, 3.63) is 42.2 Å². The minimum absolute atomic E-state index is 0.168. The molecule has 20 heavy (non-hydrogen) atoms. The van der Waals surface area contributed by atoms with Crippen molar-refractivity contribution in [1.29, 1.82) is 0 Å². The van der Waals surface area contributed by atoms with Crippen LogP contribution in [0.4, 0.5) is 0 Å². The number of hydrogen-bond donors (Lipinski definition) is 2. The summed E-state index contributed by atoms with van der Waals surface area (Å²) in [5.41, 5.74) is -0.572. The third kappa shape index (κ3) is 4.04. The Hall–Kier alpha value is -1.92. The van der Waals surface area contributed by atoms with E-state index in [9.17, 15) is 10.2 Å². The highest BCUT2D eigenvalue weighted by atomic mass is 16.5. The summed E-state index contributed by atoms with van der Waals surface area (Å²) in [6.07, 6.45) is 0.915. The van der Waals surface area contributed by atoms with Crippen LogP contribution in [0.3, 0.4) is 0 Å². The Labute approximate surface area is 117 Å². The average Bonchev–Trinajstić information content (AvgIpc) is 2.86. The number of aliphatic hydroxyl groups is 2. The summed E-state index contributed by atoms with van der Waals surface area (Å²) in [6.45, 7) is 3.70. The van der Waals surface area contributed by atoms with E-state index in [1.807, 2.05) is 30.3 Å². The van der Waals surface area contributed by atoms with Gasteiger partial charge in [-0.15, -0.1) is 5.10 Å². The predicted molar refractivity (Wildman–Crippen MR) is 73.2 cm³/mol. The number of hydrogen-bond acceptors (Lipinski definition) is 5. The molecule has 0 aliphatic rings. The topological polar surface area (TPSA) is 80.4 Å². The lowest BCUT2D eigenvalue weighted by molar-refractivity contribution is 0.0734. The molecule has 0 fully saturated rings. The third-order valence-electron chi connectivity index (χ3n) is 2.75. The Morgan fingerprint density at radius 1 is 1.30 bits per heavy atom. The van der Waals surface area contributed by atoms with Crippen molar-refractivity contribution in [2.24, 2.45) is 0 Å². The Balaban J connectivity index is 1.85. The number of benzene rings is 1. The van der Waals surface area contributed by atoms with E-state index < -0.39 is 11.7 Å². The largest absolute Gasteiger partial charge is 0.491 e. The first kappa shape index (κ1) is 14.5. The van der Waals surface area contributed by atoms with Gasteiger partial charge in [0.25, 0.3) is 0 Å². The second-order valence-electron chi connectivity index (χ2n) is 5.16. The number of rotatable bonds is 6. The van der Waals surface area contributed by atoms with Crippen LogP contribution in [-0.2, 0) is 12.1 Å². The maximum absolute atomic E-state index is 9.90. The van der Waals surface area contributed by atoms with Crippen molar-refractivity contribution in [3.63, 3.8) is 0 Å². The van der Waals surface area contributed by atoms with E-state index in [1.54, 1.807) is 20.0 Å². The molecular formula is C14H19N3O3. The monoisotopic (exact) mass is 277 g/mol.